The Morgan fingerprint density at radius 2 is 2.12 bits per heavy atom. The van der Waals surface area contributed by atoms with E-state index in [1.54, 1.807) is 35.3 Å². The van der Waals surface area contributed by atoms with Gasteiger partial charge in [-0.1, -0.05) is 29.8 Å². The zero-order chi connectivity index (χ0) is 17.1. The van der Waals surface area contributed by atoms with Gasteiger partial charge in [-0.25, -0.2) is 4.79 Å². The third-order valence-electron chi connectivity index (χ3n) is 3.80. The molecule has 0 unspecified atom stereocenters. The zero-order valence-corrected chi connectivity index (χ0v) is 14.9. The van der Waals surface area contributed by atoms with Gasteiger partial charge in [-0.15, -0.1) is 11.3 Å². The molecule has 0 spiro atoms. The van der Waals surface area contributed by atoms with E-state index in [2.05, 4.69) is 49.3 Å². The van der Waals surface area contributed by atoms with Crippen molar-refractivity contribution in [1.82, 2.24) is 9.78 Å². The van der Waals surface area contributed by atoms with E-state index in [0.717, 1.165) is 0 Å². The number of thiophene rings is 1. The normalized spacial score (nSPS) is 10.8. The van der Waals surface area contributed by atoms with Gasteiger partial charge >= 0.3 is 5.97 Å². The highest BCUT2D eigenvalue weighted by atomic mass is 32.1. The smallest absolute Gasteiger partial charge is 0.341 e. The highest BCUT2D eigenvalue weighted by molar-refractivity contribution is 7.15. The van der Waals surface area contributed by atoms with Crippen molar-refractivity contribution in [2.75, 3.05) is 6.61 Å². The second kappa shape index (κ2) is 7.01. The molecule has 4 nitrogen and oxygen atoms in total. The molecule has 0 bridgehead atoms. The van der Waals surface area contributed by atoms with Crippen LogP contribution < -0.4 is 0 Å². The first kappa shape index (κ1) is 16.5. The molecule has 2 heterocycles. The Morgan fingerprint density at radius 1 is 1.29 bits per heavy atom. The highest BCUT2D eigenvalue weighted by Crippen LogP contribution is 2.31. The van der Waals surface area contributed by atoms with Crippen molar-refractivity contribution in [3.8, 4) is 10.4 Å². The van der Waals surface area contributed by atoms with Gasteiger partial charge in [-0.05, 0) is 38.0 Å². The van der Waals surface area contributed by atoms with Crippen LogP contribution in [0.4, 0.5) is 0 Å². The molecule has 0 saturated carbocycles. The molecule has 0 atom stereocenters. The summed E-state index contributed by atoms with van der Waals surface area (Å²) in [5.74, 6) is -0.328. The topological polar surface area (TPSA) is 44.1 Å². The number of rotatable bonds is 5. The van der Waals surface area contributed by atoms with Gasteiger partial charge < -0.3 is 4.74 Å². The number of carbonyl (C=O) groups excluding carboxylic acids is 1. The van der Waals surface area contributed by atoms with E-state index < -0.39 is 0 Å². The lowest BCUT2D eigenvalue weighted by Crippen LogP contribution is -2.04. The van der Waals surface area contributed by atoms with Crippen molar-refractivity contribution in [2.45, 2.75) is 27.3 Å². The fourth-order valence-corrected chi connectivity index (χ4v) is 3.59. The summed E-state index contributed by atoms with van der Waals surface area (Å²) in [6.07, 6.45) is 3.29. The van der Waals surface area contributed by atoms with Crippen molar-refractivity contribution >= 4 is 17.3 Å². The number of hydrogen-bond donors (Lipinski definition) is 0. The quantitative estimate of drug-likeness (QED) is 0.644. The molecule has 3 rings (SSSR count). The number of esters is 1. The molecule has 0 N–H and O–H groups in total. The predicted octanol–water partition coefficient (Wildman–Crippen LogP) is 4.45. The Balaban J connectivity index is 1.80. The summed E-state index contributed by atoms with van der Waals surface area (Å²) in [7, 11) is 0. The summed E-state index contributed by atoms with van der Waals surface area (Å²) in [5.41, 5.74) is 4.20. The second-order valence-corrected chi connectivity index (χ2v) is 6.96. The number of nitrogens with zero attached hydrogens (tertiary/aromatic N) is 2. The maximum absolute atomic E-state index is 11.7. The van der Waals surface area contributed by atoms with Gasteiger partial charge in [0, 0.05) is 16.0 Å². The summed E-state index contributed by atoms with van der Waals surface area (Å²) < 4.78 is 6.78. The molecule has 124 valence electrons. The molecule has 1 aromatic carbocycles. The van der Waals surface area contributed by atoms with Gasteiger partial charge in [-0.3, -0.25) is 4.68 Å². The number of carbonyl (C=O) groups is 1. The van der Waals surface area contributed by atoms with Crippen molar-refractivity contribution in [3.63, 3.8) is 0 Å². The predicted molar refractivity (Wildman–Crippen MR) is 96.5 cm³/mol. The third-order valence-corrected chi connectivity index (χ3v) is 4.94. The van der Waals surface area contributed by atoms with E-state index >= 15 is 0 Å². The van der Waals surface area contributed by atoms with Crippen LogP contribution in [0.15, 0.2) is 42.7 Å². The van der Waals surface area contributed by atoms with Gasteiger partial charge in [0.15, 0.2) is 0 Å². The fraction of sp³-hybridized carbons (Fsp3) is 0.263. The average Bonchev–Trinajstić information content (AvgIpc) is 3.16. The Hall–Kier alpha value is -2.40. The largest absolute Gasteiger partial charge is 0.462 e. The lowest BCUT2D eigenvalue weighted by molar-refractivity contribution is 0.0526. The van der Waals surface area contributed by atoms with Gasteiger partial charge in [0.05, 0.1) is 24.9 Å². The number of ether oxygens (including phenoxy) is 1. The monoisotopic (exact) mass is 340 g/mol. The van der Waals surface area contributed by atoms with Gasteiger partial charge in [0.1, 0.15) is 0 Å². The maximum Gasteiger partial charge on any atom is 0.341 e. The summed E-state index contributed by atoms with van der Waals surface area (Å²) >= 11 is 1.78. The van der Waals surface area contributed by atoms with E-state index in [0.29, 0.717) is 18.7 Å². The first-order valence-corrected chi connectivity index (χ1v) is 8.74. The lowest BCUT2D eigenvalue weighted by atomic mass is 10.1. The highest BCUT2D eigenvalue weighted by Gasteiger charge is 2.12. The van der Waals surface area contributed by atoms with Crippen LogP contribution in [-0.2, 0) is 11.3 Å². The van der Waals surface area contributed by atoms with E-state index in [1.807, 2.05) is 0 Å². The van der Waals surface area contributed by atoms with Crippen molar-refractivity contribution < 1.29 is 9.53 Å². The van der Waals surface area contributed by atoms with Crippen LogP contribution in [0.25, 0.3) is 10.4 Å². The number of aromatic nitrogens is 2. The van der Waals surface area contributed by atoms with Crippen molar-refractivity contribution in [3.05, 3.63) is 64.3 Å². The van der Waals surface area contributed by atoms with E-state index in [4.69, 9.17) is 4.74 Å². The average molecular weight is 340 g/mol. The maximum atomic E-state index is 11.7. The Bertz CT molecular complexity index is 864. The molecule has 24 heavy (non-hydrogen) atoms. The molecule has 0 radical (unpaired) electrons. The number of hydrogen-bond acceptors (Lipinski definition) is 4. The van der Waals surface area contributed by atoms with Crippen LogP contribution in [0.1, 0.15) is 33.3 Å². The Kier molecular flexibility index (Phi) is 4.81. The molecule has 0 saturated heterocycles. The lowest BCUT2D eigenvalue weighted by Gasteiger charge is -2.00. The van der Waals surface area contributed by atoms with Gasteiger partial charge in [0.2, 0.25) is 0 Å². The minimum Gasteiger partial charge on any atom is -0.462 e. The zero-order valence-electron chi connectivity index (χ0n) is 14.1. The van der Waals surface area contributed by atoms with Crippen LogP contribution in [0.5, 0.6) is 0 Å². The van der Waals surface area contributed by atoms with Crippen LogP contribution in [0, 0.1) is 13.8 Å². The molecule has 5 heteroatoms. The summed E-state index contributed by atoms with van der Waals surface area (Å²) in [5, 5.41) is 4.27. The number of aryl methyl sites for hydroxylation is 2. The standard InChI is InChI=1S/C19H20N2O2S/c1-4-23-19(22)17-10-20-21(12-17)11-16-9-18(24-14(16)3)15-7-5-6-13(2)8-15/h5-10,12H,4,11H2,1-3H3. The number of benzene rings is 1. The molecule has 0 aliphatic rings. The van der Waals surface area contributed by atoms with E-state index in [-0.39, 0.29) is 5.97 Å². The molecular formula is C19H20N2O2S. The minimum atomic E-state index is -0.328. The summed E-state index contributed by atoms with van der Waals surface area (Å²) in [6, 6.07) is 10.7. The van der Waals surface area contributed by atoms with Crippen LogP contribution in [0.2, 0.25) is 0 Å². The second-order valence-electron chi connectivity index (χ2n) is 5.71. The molecule has 0 amide bonds. The summed E-state index contributed by atoms with van der Waals surface area (Å²) in [4.78, 5) is 14.2. The summed E-state index contributed by atoms with van der Waals surface area (Å²) in [6.45, 7) is 7.03. The Morgan fingerprint density at radius 3 is 2.88 bits per heavy atom. The van der Waals surface area contributed by atoms with Crippen molar-refractivity contribution in [1.29, 1.82) is 0 Å². The molecule has 0 aliphatic carbocycles. The SMILES string of the molecule is CCOC(=O)c1cnn(Cc2cc(-c3cccc(C)c3)sc2C)c1. The van der Waals surface area contributed by atoms with E-state index in [1.165, 1.54) is 26.4 Å². The first-order valence-electron chi connectivity index (χ1n) is 7.92. The fourth-order valence-electron chi connectivity index (χ4n) is 2.56. The molecule has 0 fully saturated rings. The van der Waals surface area contributed by atoms with Crippen LogP contribution in [0.3, 0.4) is 0 Å². The van der Waals surface area contributed by atoms with Gasteiger partial charge in [0.25, 0.3) is 0 Å². The van der Waals surface area contributed by atoms with E-state index in [9.17, 15) is 4.79 Å². The molecule has 0 aliphatic heterocycles. The molecular weight excluding hydrogens is 320 g/mol. The van der Waals surface area contributed by atoms with Crippen LogP contribution in [-0.4, -0.2) is 22.4 Å². The first-order chi connectivity index (χ1) is 11.6. The van der Waals surface area contributed by atoms with Crippen molar-refractivity contribution in [2.24, 2.45) is 0 Å². The molecule has 2 aromatic heterocycles. The third kappa shape index (κ3) is 3.57. The molecule has 3 aromatic rings. The minimum absolute atomic E-state index is 0.328. The Labute approximate surface area is 145 Å². The van der Waals surface area contributed by atoms with Gasteiger partial charge in [-0.2, -0.15) is 5.10 Å². The van der Waals surface area contributed by atoms with Crippen LogP contribution >= 0.6 is 11.3 Å².